The molecular formula is C18H24Cl2N6O. The third-order valence-electron chi connectivity index (χ3n) is 4.80. The lowest BCUT2D eigenvalue weighted by atomic mass is 10.3. The summed E-state index contributed by atoms with van der Waals surface area (Å²) in [6, 6.07) is 5.55. The molecule has 0 aliphatic carbocycles. The molecule has 4 rings (SSSR count). The number of ether oxygens (including phenoxy) is 1. The molecule has 1 aromatic heterocycles. The van der Waals surface area contributed by atoms with E-state index in [0.717, 1.165) is 43.8 Å². The first kappa shape index (κ1) is 19.8. The van der Waals surface area contributed by atoms with Crippen LogP contribution in [0.1, 0.15) is 25.7 Å². The number of methoxy groups -OCH3 is 1. The van der Waals surface area contributed by atoms with Gasteiger partial charge in [0, 0.05) is 31.9 Å². The van der Waals surface area contributed by atoms with Gasteiger partial charge in [0.05, 0.1) is 12.1 Å². The van der Waals surface area contributed by atoms with E-state index in [1.165, 1.54) is 25.7 Å². The zero-order chi connectivity index (χ0) is 17.9. The minimum absolute atomic E-state index is 0. The van der Waals surface area contributed by atoms with Crippen LogP contribution in [0, 0.1) is 0 Å². The van der Waals surface area contributed by atoms with E-state index in [1.807, 2.05) is 18.2 Å². The van der Waals surface area contributed by atoms with Crippen molar-refractivity contribution >= 4 is 47.5 Å². The van der Waals surface area contributed by atoms with E-state index in [2.05, 4.69) is 25.1 Å². The lowest BCUT2D eigenvalue weighted by Crippen LogP contribution is -2.25. The fourth-order valence-electron chi connectivity index (χ4n) is 3.40. The van der Waals surface area contributed by atoms with Crippen molar-refractivity contribution in [3.05, 3.63) is 23.2 Å². The summed E-state index contributed by atoms with van der Waals surface area (Å²) >= 11 is 6.23. The van der Waals surface area contributed by atoms with E-state index in [9.17, 15) is 0 Å². The topological polar surface area (TPSA) is 66.4 Å². The minimum Gasteiger partial charge on any atom is -0.495 e. The number of benzene rings is 1. The average Bonchev–Trinajstić information content (AvgIpc) is 3.35. The van der Waals surface area contributed by atoms with Gasteiger partial charge in [-0.05, 0) is 43.9 Å². The molecule has 9 heteroatoms. The molecule has 0 saturated carbocycles. The van der Waals surface area contributed by atoms with Gasteiger partial charge >= 0.3 is 0 Å². The highest BCUT2D eigenvalue weighted by molar-refractivity contribution is 6.32. The highest BCUT2D eigenvalue weighted by Gasteiger charge is 2.21. The van der Waals surface area contributed by atoms with Gasteiger partial charge in [-0.2, -0.15) is 15.0 Å². The molecule has 2 aliphatic heterocycles. The summed E-state index contributed by atoms with van der Waals surface area (Å²) in [5, 5.41) is 3.82. The van der Waals surface area contributed by atoms with Crippen molar-refractivity contribution in [1.82, 2.24) is 15.0 Å². The van der Waals surface area contributed by atoms with Gasteiger partial charge < -0.3 is 19.9 Å². The van der Waals surface area contributed by atoms with E-state index in [4.69, 9.17) is 21.3 Å². The highest BCUT2D eigenvalue weighted by Crippen LogP contribution is 2.29. The molecule has 27 heavy (non-hydrogen) atoms. The third-order valence-corrected chi connectivity index (χ3v) is 5.09. The molecule has 2 aliphatic rings. The van der Waals surface area contributed by atoms with E-state index in [1.54, 1.807) is 7.11 Å². The Morgan fingerprint density at radius 3 is 1.96 bits per heavy atom. The zero-order valence-corrected chi connectivity index (χ0v) is 16.9. The second-order valence-corrected chi connectivity index (χ2v) is 7.03. The van der Waals surface area contributed by atoms with E-state index >= 15 is 0 Å². The predicted molar refractivity (Wildman–Crippen MR) is 111 cm³/mol. The lowest BCUT2D eigenvalue weighted by molar-refractivity contribution is 0.415. The van der Waals surface area contributed by atoms with Gasteiger partial charge in [-0.3, -0.25) is 0 Å². The van der Waals surface area contributed by atoms with E-state index in [-0.39, 0.29) is 12.4 Å². The Labute approximate surface area is 170 Å². The Morgan fingerprint density at radius 2 is 1.48 bits per heavy atom. The minimum atomic E-state index is 0. The van der Waals surface area contributed by atoms with Crippen molar-refractivity contribution in [2.75, 3.05) is 48.4 Å². The Kier molecular flexibility index (Phi) is 6.44. The van der Waals surface area contributed by atoms with Crippen LogP contribution >= 0.6 is 24.0 Å². The molecule has 1 aromatic carbocycles. The van der Waals surface area contributed by atoms with Gasteiger partial charge in [0.1, 0.15) is 5.75 Å². The first-order chi connectivity index (χ1) is 12.7. The highest BCUT2D eigenvalue weighted by atomic mass is 35.5. The summed E-state index contributed by atoms with van der Waals surface area (Å²) in [5.41, 5.74) is 0.821. The van der Waals surface area contributed by atoms with Gasteiger partial charge in [0.2, 0.25) is 17.8 Å². The Bertz CT molecular complexity index is 744. The lowest BCUT2D eigenvalue weighted by Gasteiger charge is -2.20. The molecule has 2 fully saturated rings. The quantitative estimate of drug-likeness (QED) is 0.801. The number of hydrogen-bond donors (Lipinski definition) is 1. The van der Waals surface area contributed by atoms with E-state index < -0.39 is 0 Å². The normalized spacial score (nSPS) is 16.4. The van der Waals surface area contributed by atoms with Crippen LogP contribution in [0.2, 0.25) is 5.02 Å². The van der Waals surface area contributed by atoms with Crippen LogP contribution < -0.4 is 19.9 Å². The molecule has 1 N–H and O–H groups in total. The first-order valence-electron chi connectivity index (χ1n) is 9.09. The van der Waals surface area contributed by atoms with E-state index in [0.29, 0.717) is 16.7 Å². The second-order valence-electron chi connectivity index (χ2n) is 6.62. The number of aromatic nitrogens is 3. The average molecular weight is 411 g/mol. The number of nitrogens with one attached hydrogen (secondary N) is 1. The summed E-state index contributed by atoms with van der Waals surface area (Å²) < 4.78 is 5.21. The maximum absolute atomic E-state index is 6.23. The van der Waals surface area contributed by atoms with Crippen molar-refractivity contribution in [3.8, 4) is 5.75 Å². The van der Waals surface area contributed by atoms with Gasteiger partial charge in [0.15, 0.2) is 0 Å². The van der Waals surface area contributed by atoms with Crippen LogP contribution in [0.15, 0.2) is 18.2 Å². The predicted octanol–water partition coefficient (Wildman–Crippen LogP) is 3.90. The molecule has 0 amide bonds. The molecular weight excluding hydrogens is 387 g/mol. The summed E-state index contributed by atoms with van der Waals surface area (Å²) in [4.78, 5) is 18.5. The number of rotatable bonds is 5. The van der Waals surface area contributed by atoms with Crippen LogP contribution in [-0.4, -0.2) is 48.2 Å². The van der Waals surface area contributed by atoms with Crippen LogP contribution in [0.4, 0.5) is 23.5 Å². The molecule has 0 unspecified atom stereocenters. The molecule has 0 bridgehead atoms. The SMILES string of the molecule is COc1ccc(Nc2nc(N3CCCC3)nc(N3CCCC3)n2)cc1Cl.Cl. The largest absolute Gasteiger partial charge is 0.495 e. The smallest absolute Gasteiger partial charge is 0.233 e. The van der Waals surface area contributed by atoms with Gasteiger partial charge in [-0.15, -0.1) is 12.4 Å². The molecule has 3 heterocycles. The summed E-state index contributed by atoms with van der Waals surface area (Å²) in [5.74, 6) is 2.69. The van der Waals surface area contributed by atoms with Crippen molar-refractivity contribution in [3.63, 3.8) is 0 Å². The Hall–Kier alpha value is -1.99. The molecule has 2 aromatic rings. The van der Waals surface area contributed by atoms with Crippen molar-refractivity contribution in [1.29, 1.82) is 0 Å². The van der Waals surface area contributed by atoms with Gasteiger partial charge in [-0.25, -0.2) is 0 Å². The monoisotopic (exact) mass is 410 g/mol. The number of nitrogens with zero attached hydrogens (tertiary/aromatic N) is 5. The van der Waals surface area contributed by atoms with Crippen LogP contribution in [0.5, 0.6) is 5.75 Å². The Balaban J connectivity index is 0.00000210. The van der Waals surface area contributed by atoms with Crippen LogP contribution in [0.3, 0.4) is 0 Å². The standard InChI is InChI=1S/C18H23ClN6O.ClH/c1-26-15-7-6-13(12-14(15)19)20-16-21-17(24-8-2-3-9-24)23-18(22-16)25-10-4-5-11-25;/h6-7,12H,2-5,8-11H2,1H3,(H,20,21,22,23);1H. The molecule has 2 saturated heterocycles. The molecule has 0 spiro atoms. The molecule has 0 atom stereocenters. The summed E-state index contributed by atoms with van der Waals surface area (Å²) in [6.07, 6.45) is 4.73. The summed E-state index contributed by atoms with van der Waals surface area (Å²) in [6.45, 7) is 3.99. The second kappa shape index (κ2) is 8.80. The van der Waals surface area contributed by atoms with Gasteiger partial charge in [0.25, 0.3) is 0 Å². The number of halogens is 2. The molecule has 0 radical (unpaired) electrons. The van der Waals surface area contributed by atoms with Crippen LogP contribution in [-0.2, 0) is 0 Å². The number of hydrogen-bond acceptors (Lipinski definition) is 7. The maximum Gasteiger partial charge on any atom is 0.233 e. The Morgan fingerprint density at radius 1 is 0.926 bits per heavy atom. The fourth-order valence-corrected chi connectivity index (χ4v) is 3.66. The summed E-state index contributed by atoms with van der Waals surface area (Å²) in [7, 11) is 1.60. The first-order valence-corrected chi connectivity index (χ1v) is 9.47. The fraction of sp³-hybridized carbons (Fsp3) is 0.500. The third kappa shape index (κ3) is 4.47. The van der Waals surface area contributed by atoms with Crippen LogP contribution in [0.25, 0.3) is 0 Å². The molecule has 7 nitrogen and oxygen atoms in total. The van der Waals surface area contributed by atoms with Gasteiger partial charge in [-0.1, -0.05) is 11.6 Å². The van der Waals surface area contributed by atoms with Crippen molar-refractivity contribution in [2.24, 2.45) is 0 Å². The maximum atomic E-state index is 6.23. The zero-order valence-electron chi connectivity index (χ0n) is 15.3. The molecule has 146 valence electrons. The van der Waals surface area contributed by atoms with Crippen molar-refractivity contribution < 1.29 is 4.74 Å². The van der Waals surface area contributed by atoms with Crippen molar-refractivity contribution in [2.45, 2.75) is 25.7 Å². The number of anilines is 4.